The quantitative estimate of drug-likeness (QED) is 0.129. The Hall–Kier alpha value is -0.530. The Morgan fingerprint density at radius 1 is 0.559 bits per heavy atom. The Morgan fingerprint density at radius 2 is 1.00 bits per heavy atom. The van der Waals surface area contributed by atoms with Gasteiger partial charge in [0.25, 0.3) is 0 Å². The van der Waals surface area contributed by atoms with E-state index < -0.39 is 0 Å². The molecule has 0 aromatic rings. The number of esters is 1. The molecule has 2 aliphatic rings. The first-order valence-electron chi connectivity index (χ1n) is 15.9. The Kier molecular flexibility index (Phi) is 18.0. The van der Waals surface area contributed by atoms with Crippen LogP contribution in [0.3, 0.4) is 0 Å². The molecule has 0 aliphatic heterocycles. The van der Waals surface area contributed by atoms with Crippen molar-refractivity contribution in [2.75, 3.05) is 6.61 Å². The summed E-state index contributed by atoms with van der Waals surface area (Å²) in [6, 6.07) is 0. The molecule has 0 heterocycles. The van der Waals surface area contributed by atoms with Gasteiger partial charge in [-0.1, -0.05) is 135 Å². The highest BCUT2D eigenvalue weighted by Crippen LogP contribution is 2.40. The van der Waals surface area contributed by atoms with E-state index in [4.69, 9.17) is 4.74 Å². The molecule has 0 radical (unpaired) electrons. The van der Waals surface area contributed by atoms with Crippen LogP contribution in [0.4, 0.5) is 0 Å². The summed E-state index contributed by atoms with van der Waals surface area (Å²) in [7, 11) is 0. The lowest BCUT2D eigenvalue weighted by Crippen LogP contribution is -2.25. The third kappa shape index (κ3) is 14.8. The molecule has 0 unspecified atom stereocenters. The molecule has 2 rings (SSSR count). The van der Waals surface area contributed by atoms with Crippen molar-refractivity contribution in [1.29, 1.82) is 0 Å². The number of carbonyl (C=O) groups excluding carboxylic acids is 1. The van der Waals surface area contributed by atoms with Gasteiger partial charge < -0.3 is 4.74 Å². The lowest BCUT2D eigenvalue weighted by molar-refractivity contribution is -0.145. The molecule has 2 nitrogen and oxygen atoms in total. The zero-order valence-corrected chi connectivity index (χ0v) is 23.1. The second kappa shape index (κ2) is 20.6. The summed E-state index contributed by atoms with van der Waals surface area (Å²) in [6.07, 6.45) is 35.3. The molecule has 0 atom stereocenters. The third-order valence-electron chi connectivity index (χ3n) is 8.92. The molecule has 200 valence electrons. The van der Waals surface area contributed by atoms with E-state index in [0.717, 1.165) is 18.3 Å². The van der Waals surface area contributed by atoms with Crippen LogP contribution in [0.2, 0.25) is 0 Å². The molecule has 0 aromatic carbocycles. The first-order valence-corrected chi connectivity index (χ1v) is 15.9. The molecular weight excluding hydrogens is 416 g/mol. The SMILES string of the molecule is CCCCCCCCCCCCCCCCCCOC(=O)CC1CCC(C2CCCCC2)CC1. The van der Waals surface area contributed by atoms with Crippen LogP contribution in [-0.4, -0.2) is 12.6 Å². The van der Waals surface area contributed by atoms with Crippen molar-refractivity contribution in [3.05, 3.63) is 0 Å². The molecule has 0 saturated heterocycles. The van der Waals surface area contributed by atoms with Crippen molar-refractivity contribution in [2.24, 2.45) is 17.8 Å². The smallest absolute Gasteiger partial charge is 0.306 e. The van der Waals surface area contributed by atoms with Crippen molar-refractivity contribution in [1.82, 2.24) is 0 Å². The minimum Gasteiger partial charge on any atom is -0.466 e. The molecule has 2 aliphatic carbocycles. The fourth-order valence-electron chi connectivity index (χ4n) is 6.60. The van der Waals surface area contributed by atoms with E-state index in [1.165, 1.54) is 154 Å². The first kappa shape index (κ1) is 29.7. The van der Waals surface area contributed by atoms with Crippen LogP contribution in [0.15, 0.2) is 0 Å². The van der Waals surface area contributed by atoms with Crippen LogP contribution in [0.5, 0.6) is 0 Å². The first-order chi connectivity index (χ1) is 16.8. The maximum atomic E-state index is 12.2. The topological polar surface area (TPSA) is 26.3 Å². The van der Waals surface area contributed by atoms with Gasteiger partial charge in [-0.25, -0.2) is 0 Å². The van der Waals surface area contributed by atoms with Gasteiger partial charge in [-0.3, -0.25) is 4.79 Å². The van der Waals surface area contributed by atoms with Gasteiger partial charge in [0.1, 0.15) is 0 Å². The molecule has 0 amide bonds. The molecule has 0 N–H and O–H groups in total. The number of unbranched alkanes of at least 4 members (excludes halogenated alkanes) is 15. The van der Waals surface area contributed by atoms with E-state index in [1.807, 2.05) is 0 Å². The normalized spacial score (nSPS) is 21.6. The van der Waals surface area contributed by atoms with Crippen molar-refractivity contribution < 1.29 is 9.53 Å². The summed E-state index contributed by atoms with van der Waals surface area (Å²) in [4.78, 5) is 12.2. The Morgan fingerprint density at radius 3 is 1.50 bits per heavy atom. The number of ether oxygens (including phenoxy) is 1. The van der Waals surface area contributed by atoms with Crippen molar-refractivity contribution >= 4 is 5.97 Å². The fourth-order valence-corrected chi connectivity index (χ4v) is 6.60. The summed E-state index contributed by atoms with van der Waals surface area (Å²) in [5.41, 5.74) is 0. The number of hydrogen-bond donors (Lipinski definition) is 0. The highest BCUT2D eigenvalue weighted by molar-refractivity contribution is 5.69. The second-order valence-corrected chi connectivity index (χ2v) is 11.9. The Balaban J connectivity index is 1.29. The van der Waals surface area contributed by atoms with Gasteiger partial charge in [-0.05, 0) is 49.9 Å². The summed E-state index contributed by atoms with van der Waals surface area (Å²) in [5, 5.41) is 0. The predicted molar refractivity (Wildman–Crippen MR) is 147 cm³/mol. The highest BCUT2D eigenvalue weighted by Gasteiger charge is 2.29. The number of rotatable bonds is 20. The van der Waals surface area contributed by atoms with Crippen molar-refractivity contribution in [2.45, 2.75) is 174 Å². The highest BCUT2D eigenvalue weighted by atomic mass is 16.5. The largest absolute Gasteiger partial charge is 0.466 e. The van der Waals surface area contributed by atoms with E-state index in [-0.39, 0.29) is 5.97 Å². The lowest BCUT2D eigenvalue weighted by atomic mass is 9.70. The van der Waals surface area contributed by atoms with Crippen LogP contribution in [0.25, 0.3) is 0 Å². The zero-order valence-electron chi connectivity index (χ0n) is 23.1. The van der Waals surface area contributed by atoms with Gasteiger partial charge in [-0.2, -0.15) is 0 Å². The predicted octanol–water partition coefficient (Wildman–Crippen LogP) is 10.6. The van der Waals surface area contributed by atoms with E-state index in [2.05, 4.69) is 6.92 Å². The molecule has 2 fully saturated rings. The molecule has 0 aromatic heterocycles. The van der Waals surface area contributed by atoms with Gasteiger partial charge in [0.2, 0.25) is 0 Å². The Bertz CT molecular complexity index is 460. The van der Waals surface area contributed by atoms with Gasteiger partial charge in [0.15, 0.2) is 0 Å². The van der Waals surface area contributed by atoms with E-state index >= 15 is 0 Å². The van der Waals surface area contributed by atoms with Gasteiger partial charge >= 0.3 is 5.97 Å². The van der Waals surface area contributed by atoms with Gasteiger partial charge in [0.05, 0.1) is 6.61 Å². The van der Waals surface area contributed by atoms with Crippen LogP contribution >= 0.6 is 0 Å². The van der Waals surface area contributed by atoms with Gasteiger partial charge in [-0.15, -0.1) is 0 Å². The summed E-state index contributed by atoms with van der Waals surface area (Å²) in [6.45, 7) is 2.94. The van der Waals surface area contributed by atoms with Crippen molar-refractivity contribution in [3.63, 3.8) is 0 Å². The molecule has 0 spiro atoms. The molecule has 2 saturated carbocycles. The molecule has 0 bridgehead atoms. The summed E-state index contributed by atoms with van der Waals surface area (Å²) < 4.78 is 5.57. The van der Waals surface area contributed by atoms with Crippen LogP contribution < -0.4 is 0 Å². The standard InChI is InChI=1S/C32H60O2/c1-2-3-4-5-6-7-8-9-10-11-12-13-14-15-16-20-27-34-32(33)28-29-23-25-31(26-24-29)30-21-18-17-19-22-30/h29-31H,2-28H2,1H3. The molecule has 2 heteroatoms. The molecule has 34 heavy (non-hydrogen) atoms. The van der Waals surface area contributed by atoms with Crippen LogP contribution in [0.1, 0.15) is 174 Å². The van der Waals surface area contributed by atoms with Crippen molar-refractivity contribution in [3.8, 4) is 0 Å². The average molecular weight is 477 g/mol. The van der Waals surface area contributed by atoms with E-state index in [0.29, 0.717) is 18.9 Å². The average Bonchev–Trinajstić information content (AvgIpc) is 2.87. The minimum atomic E-state index is 0.0714. The maximum Gasteiger partial charge on any atom is 0.306 e. The van der Waals surface area contributed by atoms with E-state index in [9.17, 15) is 4.79 Å². The summed E-state index contributed by atoms with van der Waals surface area (Å²) in [5.74, 6) is 2.62. The number of carbonyl (C=O) groups is 1. The third-order valence-corrected chi connectivity index (χ3v) is 8.92. The minimum absolute atomic E-state index is 0.0714. The number of hydrogen-bond acceptors (Lipinski definition) is 2. The Labute approximate surface area is 213 Å². The maximum absolute atomic E-state index is 12.2. The van der Waals surface area contributed by atoms with Crippen LogP contribution in [0, 0.1) is 17.8 Å². The molecular formula is C32H60O2. The fraction of sp³-hybridized carbons (Fsp3) is 0.969. The second-order valence-electron chi connectivity index (χ2n) is 11.9. The van der Waals surface area contributed by atoms with Gasteiger partial charge in [0, 0.05) is 6.42 Å². The monoisotopic (exact) mass is 476 g/mol. The summed E-state index contributed by atoms with van der Waals surface area (Å²) >= 11 is 0. The lowest BCUT2D eigenvalue weighted by Gasteiger charge is -2.35. The van der Waals surface area contributed by atoms with Crippen LogP contribution in [-0.2, 0) is 9.53 Å². The zero-order chi connectivity index (χ0) is 24.1. The van der Waals surface area contributed by atoms with E-state index in [1.54, 1.807) is 0 Å².